The Morgan fingerprint density at radius 3 is 2.90 bits per heavy atom. The Labute approximate surface area is 126 Å². The zero-order valence-corrected chi connectivity index (χ0v) is 12.5. The molecule has 1 aromatic carbocycles. The second-order valence-electron chi connectivity index (χ2n) is 4.60. The molecule has 0 bridgehead atoms. The number of nitrogens with zero attached hydrogens (tertiary/aromatic N) is 2. The molecule has 0 unspecified atom stereocenters. The smallest absolute Gasteiger partial charge is 0.341 e. The minimum Gasteiger partial charge on any atom is -0.462 e. The molecule has 0 spiro atoms. The van der Waals surface area contributed by atoms with Gasteiger partial charge >= 0.3 is 5.97 Å². The van der Waals surface area contributed by atoms with Gasteiger partial charge in [0.05, 0.1) is 33.7 Å². The van der Waals surface area contributed by atoms with Crippen molar-refractivity contribution in [2.45, 2.75) is 20.3 Å². The van der Waals surface area contributed by atoms with Crippen molar-refractivity contribution in [3.63, 3.8) is 0 Å². The van der Waals surface area contributed by atoms with Gasteiger partial charge in [-0.25, -0.2) is 9.78 Å². The number of carbonyl (C=O) groups is 1. The Morgan fingerprint density at radius 1 is 1.38 bits per heavy atom. The molecule has 3 rings (SSSR count). The van der Waals surface area contributed by atoms with E-state index in [0.717, 1.165) is 23.3 Å². The summed E-state index contributed by atoms with van der Waals surface area (Å²) in [5, 5.41) is 1.01. The summed E-state index contributed by atoms with van der Waals surface area (Å²) in [6.45, 7) is 4.06. The van der Waals surface area contributed by atoms with Crippen molar-refractivity contribution in [1.82, 2.24) is 15.0 Å². The number of aryl methyl sites for hydroxylation is 1. The van der Waals surface area contributed by atoms with E-state index in [-0.39, 0.29) is 5.56 Å². The number of nitrogens with one attached hydrogen (secondary N) is 1. The molecule has 108 valence electrons. The molecule has 0 fully saturated rings. The average Bonchev–Trinajstić information content (AvgIpc) is 2.90. The number of rotatable bonds is 3. The highest BCUT2D eigenvalue weighted by Gasteiger charge is 2.18. The van der Waals surface area contributed by atoms with Crippen LogP contribution in [0.5, 0.6) is 0 Å². The van der Waals surface area contributed by atoms with Crippen molar-refractivity contribution < 1.29 is 9.53 Å². The van der Waals surface area contributed by atoms with Gasteiger partial charge < -0.3 is 9.72 Å². The Hall–Kier alpha value is -2.14. The van der Waals surface area contributed by atoms with Crippen LogP contribution in [0.3, 0.4) is 0 Å². The maximum absolute atomic E-state index is 11.9. The summed E-state index contributed by atoms with van der Waals surface area (Å²) >= 11 is 6.41. The molecule has 2 heterocycles. The molecule has 21 heavy (non-hydrogen) atoms. The number of ether oxygens (including phenoxy) is 1. The van der Waals surface area contributed by atoms with Gasteiger partial charge in [0.1, 0.15) is 5.82 Å². The highest BCUT2D eigenvalue weighted by atomic mass is 35.5. The van der Waals surface area contributed by atoms with Crippen LogP contribution in [0, 0.1) is 0 Å². The van der Waals surface area contributed by atoms with Gasteiger partial charge in [-0.05, 0) is 19.1 Å². The molecular formula is C15H14ClN3O2. The van der Waals surface area contributed by atoms with Gasteiger partial charge in [0, 0.05) is 18.0 Å². The molecule has 2 aromatic heterocycles. The topological polar surface area (TPSA) is 67.9 Å². The minimum atomic E-state index is -0.472. The molecule has 0 atom stereocenters. The second kappa shape index (κ2) is 5.33. The maximum Gasteiger partial charge on any atom is 0.341 e. The van der Waals surface area contributed by atoms with E-state index in [2.05, 4.69) is 15.0 Å². The van der Waals surface area contributed by atoms with E-state index >= 15 is 0 Å². The fraction of sp³-hybridized carbons (Fsp3) is 0.267. The summed E-state index contributed by atoms with van der Waals surface area (Å²) in [7, 11) is 0. The molecule has 0 amide bonds. The summed E-state index contributed by atoms with van der Waals surface area (Å²) in [5.41, 5.74) is 2.58. The van der Waals surface area contributed by atoms with Crippen LogP contribution in [-0.4, -0.2) is 27.5 Å². The first kappa shape index (κ1) is 13.8. The number of fused-ring (bicyclic) bond motifs is 3. The van der Waals surface area contributed by atoms with Crippen molar-refractivity contribution in [2.24, 2.45) is 0 Å². The third kappa shape index (κ3) is 2.23. The number of pyridine rings is 1. The lowest BCUT2D eigenvalue weighted by atomic mass is 10.1. The van der Waals surface area contributed by atoms with E-state index in [0.29, 0.717) is 22.5 Å². The highest BCUT2D eigenvalue weighted by molar-refractivity contribution is 6.40. The summed E-state index contributed by atoms with van der Waals surface area (Å²) in [6.07, 6.45) is 2.24. The standard InChI is InChI=1S/C15H14ClN3O2/c1-3-11-18-10-6-5-9-12(14(10)19-11)13(16)8(7-17-9)15(20)21-4-2/h5-7H,3-4H2,1-2H3,(H,18,19). The van der Waals surface area contributed by atoms with Gasteiger partial charge in [-0.1, -0.05) is 18.5 Å². The van der Waals surface area contributed by atoms with Crippen LogP contribution in [-0.2, 0) is 11.2 Å². The third-order valence-electron chi connectivity index (χ3n) is 3.30. The van der Waals surface area contributed by atoms with Gasteiger partial charge in [-0.15, -0.1) is 0 Å². The lowest BCUT2D eigenvalue weighted by molar-refractivity contribution is 0.0526. The average molecular weight is 304 g/mol. The maximum atomic E-state index is 11.9. The monoisotopic (exact) mass is 303 g/mol. The van der Waals surface area contributed by atoms with Crippen LogP contribution in [0.25, 0.3) is 21.9 Å². The number of hydrogen-bond acceptors (Lipinski definition) is 4. The molecule has 5 nitrogen and oxygen atoms in total. The molecule has 1 N–H and O–H groups in total. The fourth-order valence-corrected chi connectivity index (χ4v) is 2.60. The van der Waals surface area contributed by atoms with E-state index in [1.807, 2.05) is 19.1 Å². The van der Waals surface area contributed by atoms with Crippen LogP contribution in [0.2, 0.25) is 5.02 Å². The van der Waals surface area contributed by atoms with Crippen LogP contribution >= 0.6 is 11.6 Å². The first-order chi connectivity index (χ1) is 10.2. The minimum absolute atomic E-state index is 0.263. The Balaban J connectivity index is 2.31. The number of H-pyrrole nitrogens is 1. The molecule has 6 heteroatoms. The lowest BCUT2D eigenvalue weighted by Gasteiger charge is -2.06. The van der Waals surface area contributed by atoms with Crippen molar-refractivity contribution in [1.29, 1.82) is 0 Å². The number of hydrogen-bond donors (Lipinski definition) is 1. The zero-order chi connectivity index (χ0) is 15.0. The van der Waals surface area contributed by atoms with Gasteiger partial charge in [-0.2, -0.15) is 0 Å². The van der Waals surface area contributed by atoms with Crippen LogP contribution < -0.4 is 0 Å². The number of aromatic amines is 1. The van der Waals surface area contributed by atoms with Crippen molar-refractivity contribution in [2.75, 3.05) is 6.61 Å². The SMILES string of the molecule is CCOC(=O)c1cnc2ccc3[nH]c(CC)nc3c2c1Cl. The third-order valence-corrected chi connectivity index (χ3v) is 3.69. The van der Waals surface area contributed by atoms with Crippen LogP contribution in [0.1, 0.15) is 30.0 Å². The summed E-state index contributed by atoms with van der Waals surface area (Å²) < 4.78 is 5.00. The van der Waals surface area contributed by atoms with Gasteiger partial charge in [0.15, 0.2) is 0 Å². The normalized spacial score (nSPS) is 11.2. The van der Waals surface area contributed by atoms with Gasteiger partial charge in [-0.3, -0.25) is 4.98 Å². The predicted molar refractivity (Wildman–Crippen MR) is 81.7 cm³/mol. The van der Waals surface area contributed by atoms with Crippen LogP contribution in [0.15, 0.2) is 18.3 Å². The first-order valence-electron chi connectivity index (χ1n) is 6.78. The van der Waals surface area contributed by atoms with E-state index in [1.165, 1.54) is 6.20 Å². The van der Waals surface area contributed by atoms with Crippen molar-refractivity contribution in [3.05, 3.63) is 34.7 Å². The van der Waals surface area contributed by atoms with Gasteiger partial charge in [0.25, 0.3) is 0 Å². The highest BCUT2D eigenvalue weighted by Crippen LogP contribution is 2.31. The Kier molecular flexibility index (Phi) is 3.51. The van der Waals surface area contributed by atoms with Gasteiger partial charge in [0.2, 0.25) is 0 Å². The Bertz CT molecular complexity index is 842. The molecule has 0 saturated heterocycles. The van der Waals surface area contributed by atoms with Crippen molar-refractivity contribution >= 4 is 39.5 Å². The molecule has 0 radical (unpaired) electrons. The number of benzene rings is 1. The zero-order valence-electron chi connectivity index (χ0n) is 11.7. The largest absolute Gasteiger partial charge is 0.462 e. The first-order valence-corrected chi connectivity index (χ1v) is 7.16. The number of aromatic nitrogens is 3. The molecule has 0 saturated carbocycles. The van der Waals surface area contributed by atoms with E-state index in [9.17, 15) is 4.79 Å². The Morgan fingerprint density at radius 2 is 2.19 bits per heavy atom. The molecule has 0 aliphatic carbocycles. The summed E-state index contributed by atoms with van der Waals surface area (Å²) in [5.74, 6) is 0.398. The molecule has 0 aliphatic rings. The predicted octanol–water partition coefficient (Wildman–Crippen LogP) is 3.50. The number of halogens is 1. The number of esters is 1. The van der Waals surface area contributed by atoms with E-state index in [4.69, 9.17) is 16.3 Å². The van der Waals surface area contributed by atoms with E-state index in [1.54, 1.807) is 6.92 Å². The molecule has 3 aromatic rings. The second-order valence-corrected chi connectivity index (χ2v) is 4.98. The number of carbonyl (C=O) groups excluding carboxylic acids is 1. The summed E-state index contributed by atoms with van der Waals surface area (Å²) in [6, 6.07) is 3.77. The number of imidazole rings is 1. The lowest BCUT2D eigenvalue weighted by Crippen LogP contribution is -2.06. The molecular weight excluding hydrogens is 290 g/mol. The fourth-order valence-electron chi connectivity index (χ4n) is 2.28. The quantitative estimate of drug-likeness (QED) is 0.752. The van der Waals surface area contributed by atoms with Crippen molar-refractivity contribution in [3.8, 4) is 0 Å². The van der Waals surface area contributed by atoms with Crippen LogP contribution in [0.4, 0.5) is 0 Å². The summed E-state index contributed by atoms with van der Waals surface area (Å²) in [4.78, 5) is 24.0. The van der Waals surface area contributed by atoms with E-state index < -0.39 is 5.97 Å². The molecule has 0 aliphatic heterocycles.